The zero-order valence-corrected chi connectivity index (χ0v) is 38.6. The average molecular weight is 995 g/mol. The second kappa shape index (κ2) is 23.7. The summed E-state index contributed by atoms with van der Waals surface area (Å²) in [5.74, 6) is -6.59. The van der Waals surface area contributed by atoms with Crippen LogP contribution in [0.1, 0.15) is 80.0 Å². The number of nitrogens with two attached hydrogens (primary N) is 2. The minimum atomic E-state index is -4.44. The minimum absolute atomic E-state index is 0.180. The van der Waals surface area contributed by atoms with Gasteiger partial charge in [-0.15, -0.1) is 0 Å². The molecule has 12 nitrogen and oxygen atoms in total. The highest BCUT2D eigenvalue weighted by atomic mass is 19.4. The molecule has 0 amide bonds. The van der Waals surface area contributed by atoms with E-state index < -0.39 is 90.7 Å². The quantitative estimate of drug-likeness (QED) is 0.0164. The topological polar surface area (TPSA) is 198 Å². The zero-order chi connectivity index (χ0) is 51.4. The third-order valence-electron chi connectivity index (χ3n) is 12.7. The largest absolute Gasteiger partial charge is 0.426 e. The Kier molecular flexibility index (Phi) is 18.0. The monoisotopic (exact) mass is 994 g/mol. The lowest BCUT2D eigenvalue weighted by molar-refractivity contribution is -0.230. The van der Waals surface area contributed by atoms with Crippen LogP contribution in [0.3, 0.4) is 0 Å². The molecule has 0 spiro atoms. The number of nitrogen functional groups attached to an aromatic ring is 2. The van der Waals surface area contributed by atoms with Crippen molar-refractivity contribution in [3.8, 4) is 11.5 Å². The molecule has 4 aromatic carbocycles. The first-order valence-electron chi connectivity index (χ1n) is 23.1. The summed E-state index contributed by atoms with van der Waals surface area (Å²) in [5, 5.41) is 24.3. The van der Waals surface area contributed by atoms with E-state index in [1.807, 2.05) is 0 Å². The molecule has 6 N–H and O–H groups in total. The van der Waals surface area contributed by atoms with Gasteiger partial charge >= 0.3 is 24.3 Å². The summed E-state index contributed by atoms with van der Waals surface area (Å²) in [6, 6.07) is 25.3. The Bertz CT molecular complexity index is 2430. The molecule has 2 fully saturated rings. The molecule has 6 rings (SSSR count). The summed E-state index contributed by atoms with van der Waals surface area (Å²) in [6.45, 7) is -2.69. The minimum Gasteiger partial charge on any atom is -0.426 e. The van der Waals surface area contributed by atoms with E-state index in [2.05, 4.69) is 0 Å². The van der Waals surface area contributed by atoms with Gasteiger partial charge in [0.15, 0.2) is 5.78 Å². The van der Waals surface area contributed by atoms with Gasteiger partial charge in [-0.1, -0.05) is 60.7 Å². The van der Waals surface area contributed by atoms with Crippen LogP contribution in [0.15, 0.2) is 109 Å². The van der Waals surface area contributed by atoms with Gasteiger partial charge in [-0.25, -0.2) is 0 Å². The number of benzene rings is 4. The normalized spacial score (nSPS) is 19.2. The highest BCUT2D eigenvalue weighted by Crippen LogP contribution is 2.43. The maximum atomic E-state index is 14.1. The van der Waals surface area contributed by atoms with Crippen LogP contribution in [0.5, 0.6) is 11.5 Å². The first kappa shape index (κ1) is 54.0. The van der Waals surface area contributed by atoms with E-state index in [0.717, 1.165) is 6.08 Å². The van der Waals surface area contributed by atoms with Crippen molar-refractivity contribution in [1.29, 1.82) is 0 Å². The van der Waals surface area contributed by atoms with Crippen LogP contribution < -0.4 is 20.9 Å². The Hall–Kier alpha value is -6.34. The molecule has 2 aliphatic carbocycles. The van der Waals surface area contributed by atoms with Gasteiger partial charge < -0.3 is 40.6 Å². The SMILES string of the molecule is Nc1ccc(CC(CC(=O)/C=C/c2ccc(OC(=O)C3CCC(OCC(F)(F)F)CC3)cc2)(Cc2ccc(N)cc2)C(O)(O)C(=O)/C=C/c2ccc(OC(=O)C3CCC(OCC(F)(F)F)CC3)cc2)cc1. The molecule has 18 heteroatoms. The van der Waals surface area contributed by atoms with Crippen LogP contribution in [0.2, 0.25) is 0 Å². The summed E-state index contributed by atoms with van der Waals surface area (Å²) in [6.07, 6.45) is -3.60. The van der Waals surface area contributed by atoms with E-state index in [1.165, 1.54) is 54.6 Å². The lowest BCUT2D eigenvalue weighted by Crippen LogP contribution is -2.57. The Morgan fingerprint density at radius 1 is 0.535 bits per heavy atom. The number of ether oxygens (including phenoxy) is 4. The number of ketones is 2. The molecule has 0 radical (unpaired) electrons. The van der Waals surface area contributed by atoms with Gasteiger partial charge in [-0.05, 0) is 147 Å². The summed E-state index contributed by atoms with van der Waals surface area (Å²) in [7, 11) is 0. The van der Waals surface area contributed by atoms with Gasteiger partial charge in [-0.2, -0.15) is 26.3 Å². The number of halogens is 6. The van der Waals surface area contributed by atoms with Crippen molar-refractivity contribution in [3.05, 3.63) is 131 Å². The molecular weight excluding hydrogens is 939 g/mol. The van der Waals surface area contributed by atoms with E-state index in [0.29, 0.717) is 59.3 Å². The molecule has 2 aliphatic rings. The predicted octanol–water partition coefficient (Wildman–Crippen LogP) is 9.34. The average Bonchev–Trinajstić information content (AvgIpc) is 3.33. The summed E-state index contributed by atoms with van der Waals surface area (Å²) < 4.78 is 96.3. The fraction of sp³-hybridized carbons (Fsp3) is 0.396. The second-order valence-corrected chi connectivity index (χ2v) is 18.2. The van der Waals surface area contributed by atoms with Crippen molar-refractivity contribution in [3.63, 3.8) is 0 Å². The van der Waals surface area contributed by atoms with Crippen molar-refractivity contribution in [2.45, 2.75) is 101 Å². The molecule has 0 unspecified atom stereocenters. The lowest BCUT2D eigenvalue weighted by Gasteiger charge is -2.42. The third kappa shape index (κ3) is 16.4. The number of alkyl halides is 6. The molecule has 0 aromatic heterocycles. The van der Waals surface area contributed by atoms with Gasteiger partial charge in [0.1, 0.15) is 24.7 Å². The molecule has 4 aromatic rings. The number of esters is 2. The molecule has 71 heavy (non-hydrogen) atoms. The molecule has 0 aliphatic heterocycles. The number of carbonyl (C=O) groups is 4. The van der Waals surface area contributed by atoms with Gasteiger partial charge in [0.25, 0.3) is 0 Å². The highest BCUT2D eigenvalue weighted by Gasteiger charge is 2.54. The van der Waals surface area contributed by atoms with Crippen molar-refractivity contribution in [2.75, 3.05) is 24.7 Å². The van der Waals surface area contributed by atoms with E-state index in [9.17, 15) is 55.7 Å². The van der Waals surface area contributed by atoms with Crippen LogP contribution in [0, 0.1) is 17.3 Å². The van der Waals surface area contributed by atoms with Crippen molar-refractivity contribution in [1.82, 2.24) is 0 Å². The molecule has 380 valence electrons. The van der Waals surface area contributed by atoms with Gasteiger partial charge in [-0.3, -0.25) is 19.2 Å². The van der Waals surface area contributed by atoms with E-state index in [4.69, 9.17) is 30.4 Å². The first-order chi connectivity index (χ1) is 33.5. The van der Waals surface area contributed by atoms with Crippen LogP contribution in [-0.2, 0) is 41.5 Å². The van der Waals surface area contributed by atoms with E-state index in [-0.39, 0.29) is 50.0 Å². The molecule has 0 bridgehead atoms. The Balaban J connectivity index is 1.14. The number of hydrogen-bond acceptors (Lipinski definition) is 12. The van der Waals surface area contributed by atoms with Gasteiger partial charge in [0.05, 0.1) is 24.0 Å². The number of rotatable bonds is 20. The van der Waals surface area contributed by atoms with Gasteiger partial charge in [0.2, 0.25) is 11.6 Å². The fourth-order valence-corrected chi connectivity index (χ4v) is 8.79. The first-order valence-corrected chi connectivity index (χ1v) is 23.1. The number of anilines is 2. The van der Waals surface area contributed by atoms with Crippen molar-refractivity contribution >= 4 is 47.0 Å². The maximum Gasteiger partial charge on any atom is 0.411 e. The van der Waals surface area contributed by atoms with Crippen molar-refractivity contribution in [2.24, 2.45) is 17.3 Å². The third-order valence-corrected chi connectivity index (χ3v) is 12.7. The van der Waals surface area contributed by atoms with E-state index >= 15 is 0 Å². The molecule has 0 saturated heterocycles. The Morgan fingerprint density at radius 3 is 1.27 bits per heavy atom. The van der Waals surface area contributed by atoms with Crippen LogP contribution >= 0.6 is 0 Å². The number of allylic oxidation sites excluding steroid dienone is 1. The highest BCUT2D eigenvalue weighted by molar-refractivity contribution is 6.01. The molecule has 2 saturated carbocycles. The number of carbonyl (C=O) groups excluding carboxylic acids is 4. The predicted molar refractivity (Wildman–Crippen MR) is 251 cm³/mol. The summed E-state index contributed by atoms with van der Waals surface area (Å²) in [5.41, 5.74) is 12.9. The molecular formula is C53H56F6N2O10. The van der Waals surface area contributed by atoms with E-state index in [1.54, 1.807) is 60.7 Å². The second-order valence-electron chi connectivity index (χ2n) is 18.2. The van der Waals surface area contributed by atoms with Crippen LogP contribution in [0.4, 0.5) is 37.7 Å². The smallest absolute Gasteiger partial charge is 0.411 e. The summed E-state index contributed by atoms with van der Waals surface area (Å²) >= 11 is 0. The maximum absolute atomic E-state index is 14.1. The van der Waals surface area contributed by atoms with Gasteiger partial charge in [0, 0.05) is 23.2 Å². The Morgan fingerprint density at radius 2 is 0.901 bits per heavy atom. The summed E-state index contributed by atoms with van der Waals surface area (Å²) in [4.78, 5) is 54.0. The molecule has 0 heterocycles. The lowest BCUT2D eigenvalue weighted by atomic mass is 9.65. The fourth-order valence-electron chi connectivity index (χ4n) is 8.79. The zero-order valence-electron chi connectivity index (χ0n) is 38.6. The number of hydrogen-bond donors (Lipinski definition) is 4. The van der Waals surface area contributed by atoms with Crippen LogP contribution in [-0.4, -0.2) is 77.3 Å². The van der Waals surface area contributed by atoms with Crippen LogP contribution in [0.25, 0.3) is 12.2 Å². The molecule has 0 atom stereocenters. The Labute approximate surface area is 406 Å². The standard InChI is InChI=1S/C53H56F6N2O10/c54-51(55,56)32-68-43-24-11-38(12-25-43)48(64)70-45-20-6-34(7-21-45)5-19-42(62)31-50(29-36-1-15-40(60)16-2-36,30-37-3-17-41(61)18-4-37)53(66,67)47(63)28-10-35-8-22-46(23-9-35)71-49(65)39-13-26-44(27-14-39)69-33-52(57,58)59/h1-10,15-23,28,38-39,43-44,66-67H,11-14,24-27,29-33,60-61H2/b19-5+,28-10+. The number of aliphatic hydroxyl groups is 2. The van der Waals surface area contributed by atoms with Crippen molar-refractivity contribution < 1.29 is 74.7 Å².